The fourth-order valence-corrected chi connectivity index (χ4v) is 1.52. The molecule has 0 saturated heterocycles. The second-order valence-electron chi connectivity index (χ2n) is 4.85. The number of aliphatic carboxylic acids is 1. The van der Waals surface area contributed by atoms with Crippen molar-refractivity contribution >= 4 is 11.9 Å². The van der Waals surface area contributed by atoms with Gasteiger partial charge in [0, 0.05) is 30.8 Å². The molecule has 0 aromatic carbocycles. The van der Waals surface area contributed by atoms with E-state index < -0.39 is 12.0 Å². The predicted molar refractivity (Wildman–Crippen MR) is 69.3 cm³/mol. The maximum Gasteiger partial charge on any atom is 0.326 e. The van der Waals surface area contributed by atoms with Gasteiger partial charge in [0.15, 0.2) is 0 Å². The lowest BCUT2D eigenvalue weighted by molar-refractivity contribution is -0.141. The Morgan fingerprint density at radius 2 is 2.21 bits per heavy atom. The van der Waals surface area contributed by atoms with Gasteiger partial charge in [0.25, 0.3) is 0 Å². The van der Waals surface area contributed by atoms with Crippen LogP contribution in [-0.4, -0.2) is 39.0 Å². The van der Waals surface area contributed by atoms with Crippen molar-refractivity contribution < 1.29 is 14.7 Å². The fraction of sp³-hybridized carbons (Fsp3) is 0.583. The number of aromatic nitrogens is 2. The van der Waals surface area contributed by atoms with Crippen LogP contribution in [0.25, 0.3) is 0 Å². The third-order valence-corrected chi connectivity index (χ3v) is 2.89. The first-order chi connectivity index (χ1) is 8.90. The average Bonchev–Trinajstić information content (AvgIpc) is 2.80. The van der Waals surface area contributed by atoms with E-state index in [1.54, 1.807) is 0 Å². The van der Waals surface area contributed by atoms with Crippen molar-refractivity contribution in [1.82, 2.24) is 15.3 Å². The Kier molecular flexibility index (Phi) is 5.50. The monoisotopic (exact) mass is 268 g/mol. The minimum Gasteiger partial charge on any atom is -0.480 e. The van der Waals surface area contributed by atoms with E-state index in [9.17, 15) is 9.59 Å². The Hall–Kier alpha value is -1.89. The number of amides is 1. The molecule has 0 saturated carbocycles. The summed E-state index contributed by atoms with van der Waals surface area (Å²) in [7, 11) is 0. The van der Waals surface area contributed by atoms with E-state index in [2.05, 4.69) is 15.3 Å². The van der Waals surface area contributed by atoms with Crippen LogP contribution in [0.1, 0.15) is 26.0 Å². The fourth-order valence-electron chi connectivity index (χ4n) is 1.52. The molecule has 2 atom stereocenters. The van der Waals surface area contributed by atoms with E-state index in [0.717, 1.165) is 0 Å². The van der Waals surface area contributed by atoms with Gasteiger partial charge in [0.2, 0.25) is 5.91 Å². The lowest BCUT2D eigenvalue weighted by atomic mass is 10.0. The molecule has 0 bridgehead atoms. The number of nitrogens with zero attached hydrogens (tertiary/aromatic N) is 1. The van der Waals surface area contributed by atoms with Gasteiger partial charge in [-0.25, -0.2) is 9.78 Å². The molecule has 0 fully saturated rings. The van der Waals surface area contributed by atoms with Gasteiger partial charge in [-0.15, -0.1) is 0 Å². The van der Waals surface area contributed by atoms with Crippen LogP contribution in [0.15, 0.2) is 12.5 Å². The van der Waals surface area contributed by atoms with Crippen LogP contribution in [0.2, 0.25) is 0 Å². The number of imidazole rings is 1. The largest absolute Gasteiger partial charge is 0.480 e. The van der Waals surface area contributed by atoms with Crippen LogP contribution in [0.4, 0.5) is 0 Å². The van der Waals surface area contributed by atoms with Crippen molar-refractivity contribution in [3.8, 4) is 0 Å². The van der Waals surface area contributed by atoms with Gasteiger partial charge in [-0.3, -0.25) is 4.79 Å². The number of aromatic amines is 1. The van der Waals surface area contributed by atoms with Crippen molar-refractivity contribution in [3.63, 3.8) is 0 Å². The van der Waals surface area contributed by atoms with Crippen molar-refractivity contribution in [3.05, 3.63) is 18.2 Å². The van der Waals surface area contributed by atoms with E-state index in [4.69, 9.17) is 10.8 Å². The number of nitrogens with two attached hydrogens (primary N) is 1. The summed E-state index contributed by atoms with van der Waals surface area (Å²) >= 11 is 0. The molecule has 1 aromatic heterocycles. The first kappa shape index (κ1) is 15.2. The molecule has 1 heterocycles. The van der Waals surface area contributed by atoms with Crippen LogP contribution >= 0.6 is 0 Å². The molecule has 7 heteroatoms. The highest BCUT2D eigenvalue weighted by Crippen LogP contribution is 2.04. The molecule has 7 nitrogen and oxygen atoms in total. The minimum atomic E-state index is -1.08. The lowest BCUT2D eigenvalue weighted by Gasteiger charge is -2.18. The first-order valence-electron chi connectivity index (χ1n) is 6.15. The summed E-state index contributed by atoms with van der Waals surface area (Å²) in [5, 5.41) is 11.6. The maximum absolute atomic E-state index is 11.7. The molecule has 0 radical (unpaired) electrons. The Morgan fingerprint density at radius 3 is 2.68 bits per heavy atom. The number of H-pyrrole nitrogens is 1. The van der Waals surface area contributed by atoms with Gasteiger partial charge < -0.3 is 21.1 Å². The second-order valence-corrected chi connectivity index (χ2v) is 4.85. The first-order valence-corrected chi connectivity index (χ1v) is 6.15. The summed E-state index contributed by atoms with van der Waals surface area (Å²) in [6.07, 6.45) is 3.27. The Bertz CT molecular complexity index is 417. The zero-order chi connectivity index (χ0) is 14.4. The zero-order valence-corrected chi connectivity index (χ0v) is 11.1. The topological polar surface area (TPSA) is 121 Å². The van der Waals surface area contributed by atoms with Gasteiger partial charge in [-0.2, -0.15) is 0 Å². The van der Waals surface area contributed by atoms with Crippen LogP contribution in [0, 0.1) is 5.92 Å². The van der Waals surface area contributed by atoms with Gasteiger partial charge in [0.05, 0.1) is 6.33 Å². The molecular formula is C12H20N4O3. The quantitative estimate of drug-likeness (QED) is 0.550. The number of carboxylic acids is 1. The second kappa shape index (κ2) is 6.89. The minimum absolute atomic E-state index is 0.115. The molecular weight excluding hydrogens is 248 g/mol. The number of hydrogen-bond donors (Lipinski definition) is 4. The molecule has 1 amide bonds. The van der Waals surface area contributed by atoms with Crippen molar-refractivity contribution in [2.45, 2.75) is 38.8 Å². The molecule has 1 unspecified atom stereocenters. The van der Waals surface area contributed by atoms with E-state index in [0.29, 0.717) is 5.69 Å². The SMILES string of the molecule is CC(C)C(N)CC(=O)N[C@H](Cc1cnc[nH]1)C(=O)O. The van der Waals surface area contributed by atoms with Crippen LogP contribution in [0.5, 0.6) is 0 Å². The van der Waals surface area contributed by atoms with Crippen LogP contribution < -0.4 is 11.1 Å². The number of carbonyl (C=O) groups excluding carboxylic acids is 1. The number of rotatable bonds is 7. The van der Waals surface area contributed by atoms with Gasteiger partial charge in [-0.1, -0.05) is 13.8 Å². The lowest BCUT2D eigenvalue weighted by Crippen LogP contribution is -2.44. The smallest absolute Gasteiger partial charge is 0.326 e. The molecule has 0 aliphatic carbocycles. The van der Waals surface area contributed by atoms with Gasteiger partial charge >= 0.3 is 5.97 Å². The highest BCUT2D eigenvalue weighted by molar-refractivity contribution is 5.84. The molecule has 1 rings (SSSR count). The van der Waals surface area contributed by atoms with E-state index in [1.807, 2.05) is 13.8 Å². The average molecular weight is 268 g/mol. The highest BCUT2D eigenvalue weighted by Gasteiger charge is 2.22. The molecule has 0 aliphatic rings. The van der Waals surface area contributed by atoms with Crippen LogP contribution in [-0.2, 0) is 16.0 Å². The van der Waals surface area contributed by atoms with E-state index in [1.165, 1.54) is 12.5 Å². The molecule has 0 spiro atoms. The Morgan fingerprint density at radius 1 is 1.53 bits per heavy atom. The van der Waals surface area contributed by atoms with Crippen LogP contribution in [0.3, 0.4) is 0 Å². The summed E-state index contributed by atoms with van der Waals surface area (Å²) in [4.78, 5) is 29.4. The molecule has 0 aliphatic heterocycles. The summed E-state index contributed by atoms with van der Waals surface area (Å²) in [5.74, 6) is -1.27. The maximum atomic E-state index is 11.7. The summed E-state index contributed by atoms with van der Waals surface area (Å²) in [6, 6.07) is -1.26. The van der Waals surface area contributed by atoms with Gasteiger partial charge in [0.1, 0.15) is 6.04 Å². The summed E-state index contributed by atoms with van der Waals surface area (Å²) in [5.41, 5.74) is 6.43. The number of carboxylic acid groups (broad SMARTS) is 1. The normalized spacial score (nSPS) is 14.1. The van der Waals surface area contributed by atoms with Crippen molar-refractivity contribution in [2.24, 2.45) is 11.7 Å². The standard InChI is InChI=1S/C12H20N4O3/c1-7(2)9(13)4-11(17)16-10(12(18)19)3-8-5-14-6-15-8/h5-7,9-10H,3-4,13H2,1-2H3,(H,14,15)(H,16,17)(H,18,19)/t9?,10-/m1/s1. The molecule has 19 heavy (non-hydrogen) atoms. The predicted octanol–water partition coefficient (Wildman–Crippen LogP) is -0.105. The van der Waals surface area contributed by atoms with Gasteiger partial charge in [-0.05, 0) is 5.92 Å². The number of carbonyl (C=O) groups is 2. The summed E-state index contributed by atoms with van der Waals surface area (Å²) in [6.45, 7) is 3.83. The Balaban J connectivity index is 2.54. The Labute approximate surface area is 111 Å². The van der Waals surface area contributed by atoms with Crippen molar-refractivity contribution in [1.29, 1.82) is 0 Å². The highest BCUT2D eigenvalue weighted by atomic mass is 16.4. The third-order valence-electron chi connectivity index (χ3n) is 2.89. The molecule has 106 valence electrons. The third kappa shape index (κ3) is 5.09. The van der Waals surface area contributed by atoms with E-state index in [-0.39, 0.29) is 30.7 Å². The van der Waals surface area contributed by atoms with E-state index >= 15 is 0 Å². The molecule has 5 N–H and O–H groups in total. The number of hydrogen-bond acceptors (Lipinski definition) is 4. The number of nitrogens with one attached hydrogen (secondary N) is 2. The zero-order valence-electron chi connectivity index (χ0n) is 11.1. The summed E-state index contributed by atoms with van der Waals surface area (Å²) < 4.78 is 0. The van der Waals surface area contributed by atoms with Crippen molar-refractivity contribution in [2.75, 3.05) is 0 Å². The molecule has 1 aromatic rings.